The van der Waals surface area contributed by atoms with Crippen LogP contribution in [0.3, 0.4) is 0 Å². The zero-order valence-electron chi connectivity index (χ0n) is 17.3. The molecule has 0 unspecified atom stereocenters. The number of nitrogens with one attached hydrogen (secondary N) is 1. The Hall–Kier alpha value is -3.42. The van der Waals surface area contributed by atoms with E-state index in [1.54, 1.807) is 0 Å². The van der Waals surface area contributed by atoms with Gasteiger partial charge >= 0.3 is 12.4 Å². The fraction of sp³-hybridized carbons (Fsp3) is 0.368. The number of aryl methyl sites for hydroxylation is 1. The Bertz CT molecular complexity index is 1150. The van der Waals surface area contributed by atoms with E-state index in [1.165, 1.54) is 14.0 Å². The lowest BCUT2D eigenvalue weighted by Crippen LogP contribution is -2.16. The maximum absolute atomic E-state index is 13.5. The molecular weight excluding hydrogens is 458 g/mol. The minimum absolute atomic E-state index is 0.0328. The van der Waals surface area contributed by atoms with Gasteiger partial charge < -0.3 is 20.5 Å². The first-order valence-electron chi connectivity index (χ1n) is 9.34. The molecule has 1 aromatic carbocycles. The number of ether oxygens (including phenoxy) is 2. The lowest BCUT2D eigenvalue weighted by molar-refractivity contribution is -0.145. The van der Waals surface area contributed by atoms with Gasteiger partial charge in [0.1, 0.15) is 29.8 Å². The molecule has 0 atom stereocenters. The fourth-order valence-corrected chi connectivity index (χ4v) is 2.89. The van der Waals surface area contributed by atoms with Gasteiger partial charge in [0.05, 0.1) is 29.9 Å². The lowest BCUT2D eigenvalue weighted by Gasteiger charge is -2.17. The number of hydrogen-bond donors (Lipinski definition) is 2. The number of methoxy groups -OCH3 is 1. The minimum atomic E-state index is -4.80. The van der Waals surface area contributed by atoms with E-state index in [-0.39, 0.29) is 53.8 Å². The van der Waals surface area contributed by atoms with Crippen LogP contribution in [0.15, 0.2) is 18.2 Å². The number of aromatic nitrogens is 4. The van der Waals surface area contributed by atoms with Gasteiger partial charge in [-0.05, 0) is 19.1 Å². The van der Waals surface area contributed by atoms with Crippen molar-refractivity contribution in [2.24, 2.45) is 0 Å². The summed E-state index contributed by atoms with van der Waals surface area (Å²) in [6.07, 6.45) is -9.51. The molecule has 0 saturated carbocycles. The third-order valence-corrected chi connectivity index (χ3v) is 4.25. The summed E-state index contributed by atoms with van der Waals surface area (Å²) in [5.74, 6) is -2.04. The molecule has 0 saturated heterocycles. The first-order chi connectivity index (χ1) is 15.4. The molecule has 8 nitrogen and oxygen atoms in total. The minimum Gasteiger partial charge on any atom is -0.491 e. The molecule has 0 aliphatic heterocycles. The number of nitrogens with two attached hydrogens (primary N) is 1. The lowest BCUT2D eigenvalue weighted by atomic mass is 10.1. The smallest absolute Gasteiger partial charge is 0.451 e. The SMILES string of the molecule is COCCOc1cc2c(NCc3cc(N)nc(C(F)(F)F)n3)nc(C)nc2cc1C(F)(F)F. The van der Waals surface area contributed by atoms with Crippen LogP contribution in [0.5, 0.6) is 5.75 Å². The molecule has 0 bridgehead atoms. The van der Waals surface area contributed by atoms with Gasteiger partial charge in [-0.25, -0.2) is 19.9 Å². The van der Waals surface area contributed by atoms with Crippen molar-refractivity contribution in [2.45, 2.75) is 25.8 Å². The van der Waals surface area contributed by atoms with Crippen LogP contribution in [0.1, 0.15) is 22.9 Å². The number of rotatable bonds is 7. The third kappa shape index (κ3) is 5.88. The second-order valence-electron chi connectivity index (χ2n) is 6.78. The topological polar surface area (TPSA) is 108 Å². The number of benzene rings is 1. The third-order valence-electron chi connectivity index (χ3n) is 4.25. The summed E-state index contributed by atoms with van der Waals surface area (Å²) in [6, 6.07) is 3.08. The van der Waals surface area contributed by atoms with Gasteiger partial charge in [-0.3, -0.25) is 0 Å². The average molecular weight is 476 g/mol. The Kier molecular flexibility index (Phi) is 6.76. The zero-order chi connectivity index (χ0) is 24.4. The van der Waals surface area contributed by atoms with Crippen LogP contribution >= 0.6 is 0 Å². The first kappa shape index (κ1) is 24.2. The molecule has 0 aliphatic carbocycles. The van der Waals surface area contributed by atoms with Gasteiger partial charge in [-0.2, -0.15) is 26.3 Å². The van der Waals surface area contributed by atoms with Crippen LogP contribution in [0, 0.1) is 6.92 Å². The van der Waals surface area contributed by atoms with Crippen molar-refractivity contribution >= 4 is 22.5 Å². The second kappa shape index (κ2) is 9.21. The number of anilines is 2. The maximum atomic E-state index is 13.5. The van der Waals surface area contributed by atoms with Crippen molar-refractivity contribution in [1.29, 1.82) is 0 Å². The molecule has 14 heteroatoms. The molecule has 2 heterocycles. The van der Waals surface area contributed by atoms with Crippen LogP contribution in [0.25, 0.3) is 10.9 Å². The van der Waals surface area contributed by atoms with Crippen molar-refractivity contribution in [3.63, 3.8) is 0 Å². The Morgan fingerprint density at radius 3 is 2.30 bits per heavy atom. The van der Waals surface area contributed by atoms with Gasteiger partial charge in [0.25, 0.3) is 0 Å². The number of nitrogens with zero attached hydrogens (tertiary/aromatic N) is 4. The van der Waals surface area contributed by atoms with E-state index in [1.807, 2.05) is 0 Å². The first-order valence-corrected chi connectivity index (χ1v) is 9.34. The molecule has 0 aliphatic rings. The molecular formula is C19H18F6N6O2. The number of fused-ring (bicyclic) bond motifs is 1. The summed E-state index contributed by atoms with van der Waals surface area (Å²) >= 11 is 0. The fourth-order valence-electron chi connectivity index (χ4n) is 2.89. The molecule has 33 heavy (non-hydrogen) atoms. The van der Waals surface area contributed by atoms with Gasteiger partial charge in [-0.1, -0.05) is 0 Å². The van der Waals surface area contributed by atoms with Crippen molar-refractivity contribution in [3.8, 4) is 5.75 Å². The summed E-state index contributed by atoms with van der Waals surface area (Å²) in [5.41, 5.74) is 4.28. The van der Waals surface area contributed by atoms with E-state index in [9.17, 15) is 26.3 Å². The number of nitrogen functional groups attached to an aromatic ring is 1. The molecule has 2 aromatic heterocycles. The van der Waals surface area contributed by atoms with Gasteiger partial charge in [0.15, 0.2) is 0 Å². The van der Waals surface area contributed by atoms with Crippen molar-refractivity contribution in [1.82, 2.24) is 19.9 Å². The standard InChI is InChI=1S/C19H18F6N6O2/c1-9-28-13-7-12(18(20,21)22)14(33-4-3-32-2)6-11(13)16(29-9)27-8-10-5-15(26)31-17(30-10)19(23,24)25/h5-7H,3-4,8H2,1-2H3,(H2,26,30,31)(H,27,28,29). The van der Waals surface area contributed by atoms with E-state index in [4.69, 9.17) is 15.2 Å². The number of hydrogen-bond acceptors (Lipinski definition) is 8. The number of alkyl halides is 6. The number of halogens is 6. The van der Waals surface area contributed by atoms with Gasteiger partial charge in [0, 0.05) is 18.6 Å². The highest BCUT2D eigenvalue weighted by Gasteiger charge is 2.36. The summed E-state index contributed by atoms with van der Waals surface area (Å²) in [6.45, 7) is 1.12. The normalized spacial score (nSPS) is 12.2. The van der Waals surface area contributed by atoms with Crippen molar-refractivity contribution in [3.05, 3.63) is 41.1 Å². The molecule has 178 valence electrons. The molecule has 0 spiro atoms. The Morgan fingerprint density at radius 1 is 0.939 bits per heavy atom. The van der Waals surface area contributed by atoms with Crippen LogP contribution in [-0.2, 0) is 23.6 Å². The second-order valence-corrected chi connectivity index (χ2v) is 6.78. The van der Waals surface area contributed by atoms with E-state index >= 15 is 0 Å². The average Bonchev–Trinajstić information content (AvgIpc) is 2.70. The highest BCUT2D eigenvalue weighted by molar-refractivity contribution is 5.91. The van der Waals surface area contributed by atoms with Crippen molar-refractivity contribution in [2.75, 3.05) is 31.4 Å². The van der Waals surface area contributed by atoms with Gasteiger partial charge in [0.2, 0.25) is 5.82 Å². The molecule has 3 rings (SSSR count). The zero-order valence-corrected chi connectivity index (χ0v) is 17.3. The van der Waals surface area contributed by atoms with E-state index in [2.05, 4.69) is 25.3 Å². The summed E-state index contributed by atoms with van der Waals surface area (Å²) in [4.78, 5) is 14.8. The van der Waals surface area contributed by atoms with E-state index in [0.29, 0.717) is 0 Å². The molecule has 0 fully saturated rings. The Balaban J connectivity index is 2.01. The predicted octanol–water partition coefficient (Wildman–Crippen LogP) is 3.99. The van der Waals surface area contributed by atoms with Gasteiger partial charge in [-0.15, -0.1) is 0 Å². The van der Waals surface area contributed by atoms with Crippen LogP contribution in [0.4, 0.5) is 38.0 Å². The monoisotopic (exact) mass is 476 g/mol. The Morgan fingerprint density at radius 2 is 1.67 bits per heavy atom. The molecule has 0 radical (unpaired) electrons. The van der Waals surface area contributed by atoms with E-state index < -0.39 is 29.5 Å². The quantitative estimate of drug-likeness (QED) is 0.390. The highest BCUT2D eigenvalue weighted by atomic mass is 19.4. The van der Waals surface area contributed by atoms with Crippen LogP contribution in [-0.4, -0.2) is 40.3 Å². The van der Waals surface area contributed by atoms with E-state index in [0.717, 1.165) is 18.2 Å². The summed E-state index contributed by atoms with van der Waals surface area (Å²) in [5, 5.41) is 2.94. The van der Waals surface area contributed by atoms with Crippen LogP contribution < -0.4 is 15.8 Å². The summed E-state index contributed by atoms with van der Waals surface area (Å²) < 4.78 is 89.5. The largest absolute Gasteiger partial charge is 0.491 e. The highest BCUT2D eigenvalue weighted by Crippen LogP contribution is 2.39. The Labute approximate surface area is 183 Å². The van der Waals surface area contributed by atoms with Crippen LogP contribution in [0.2, 0.25) is 0 Å². The summed E-state index contributed by atoms with van der Waals surface area (Å²) in [7, 11) is 1.37. The maximum Gasteiger partial charge on any atom is 0.451 e. The molecule has 0 amide bonds. The molecule has 3 aromatic rings. The predicted molar refractivity (Wildman–Crippen MR) is 105 cm³/mol. The molecule has 3 N–H and O–H groups in total. The van der Waals surface area contributed by atoms with Crippen molar-refractivity contribution < 1.29 is 35.8 Å².